The van der Waals surface area contributed by atoms with E-state index in [0.717, 1.165) is 11.3 Å². The predicted molar refractivity (Wildman–Crippen MR) is 102 cm³/mol. The number of benzene rings is 2. The second-order valence-corrected chi connectivity index (χ2v) is 5.82. The number of hydrogen-bond donors (Lipinski definition) is 0. The van der Waals surface area contributed by atoms with Crippen molar-refractivity contribution >= 4 is 11.9 Å². The largest absolute Gasteiger partial charge is 0.494 e. The summed E-state index contributed by atoms with van der Waals surface area (Å²) in [5, 5.41) is 0. The molecule has 0 saturated carbocycles. The standard InChI is InChI=1S/C21H25NO5/c1-3-26-18-9-11-19(12-10-18)27-16-20(23)22(14-13-21(24)25-2)15-17-7-5-4-6-8-17/h4-12H,3,13-16H2,1-2H3. The van der Waals surface area contributed by atoms with Gasteiger partial charge < -0.3 is 19.1 Å². The van der Waals surface area contributed by atoms with Crippen molar-refractivity contribution in [1.29, 1.82) is 0 Å². The SMILES string of the molecule is CCOc1ccc(OCC(=O)N(CCC(=O)OC)Cc2ccccc2)cc1. The molecule has 27 heavy (non-hydrogen) atoms. The van der Waals surface area contributed by atoms with Gasteiger partial charge in [0.25, 0.3) is 5.91 Å². The van der Waals surface area contributed by atoms with Crippen LogP contribution in [0.2, 0.25) is 0 Å². The first kappa shape index (κ1) is 20.3. The van der Waals surface area contributed by atoms with Gasteiger partial charge in [-0.2, -0.15) is 0 Å². The Labute approximate surface area is 159 Å². The Morgan fingerprint density at radius 2 is 1.56 bits per heavy atom. The molecule has 2 aromatic carbocycles. The quantitative estimate of drug-likeness (QED) is 0.601. The van der Waals surface area contributed by atoms with Crippen molar-refractivity contribution in [3.63, 3.8) is 0 Å². The lowest BCUT2D eigenvalue weighted by molar-refractivity contribution is -0.142. The molecule has 0 aliphatic rings. The summed E-state index contributed by atoms with van der Waals surface area (Å²) in [6.45, 7) is 3.07. The van der Waals surface area contributed by atoms with Gasteiger partial charge in [0.1, 0.15) is 11.5 Å². The molecule has 1 amide bonds. The number of esters is 1. The molecule has 2 rings (SSSR count). The van der Waals surface area contributed by atoms with Gasteiger partial charge in [-0.25, -0.2) is 0 Å². The van der Waals surface area contributed by atoms with Crippen molar-refractivity contribution < 1.29 is 23.8 Å². The number of amides is 1. The van der Waals surface area contributed by atoms with Crippen LogP contribution in [0.15, 0.2) is 54.6 Å². The number of carbonyl (C=O) groups is 2. The first-order valence-corrected chi connectivity index (χ1v) is 8.86. The van der Waals surface area contributed by atoms with Crippen LogP contribution in [0.1, 0.15) is 18.9 Å². The second kappa shape index (κ2) is 10.9. The van der Waals surface area contributed by atoms with E-state index in [-0.39, 0.29) is 31.4 Å². The first-order chi connectivity index (χ1) is 13.1. The number of methoxy groups -OCH3 is 1. The molecule has 0 unspecified atom stereocenters. The summed E-state index contributed by atoms with van der Waals surface area (Å²) in [4.78, 5) is 25.7. The van der Waals surface area contributed by atoms with Crippen LogP contribution >= 0.6 is 0 Å². The van der Waals surface area contributed by atoms with E-state index in [9.17, 15) is 9.59 Å². The van der Waals surface area contributed by atoms with Gasteiger partial charge in [0.05, 0.1) is 20.1 Å². The van der Waals surface area contributed by atoms with Gasteiger partial charge in [0.2, 0.25) is 0 Å². The molecule has 144 valence electrons. The van der Waals surface area contributed by atoms with Gasteiger partial charge in [-0.05, 0) is 36.8 Å². The lowest BCUT2D eigenvalue weighted by atomic mass is 10.2. The maximum atomic E-state index is 12.6. The Morgan fingerprint density at radius 3 is 2.15 bits per heavy atom. The smallest absolute Gasteiger partial charge is 0.307 e. The van der Waals surface area contributed by atoms with Crippen LogP contribution in [-0.4, -0.2) is 43.6 Å². The molecule has 0 aromatic heterocycles. The van der Waals surface area contributed by atoms with E-state index in [1.54, 1.807) is 29.2 Å². The fraction of sp³-hybridized carbons (Fsp3) is 0.333. The average molecular weight is 371 g/mol. The maximum Gasteiger partial charge on any atom is 0.307 e. The molecule has 6 heteroatoms. The zero-order valence-electron chi connectivity index (χ0n) is 15.7. The van der Waals surface area contributed by atoms with E-state index in [0.29, 0.717) is 18.9 Å². The fourth-order valence-corrected chi connectivity index (χ4v) is 2.46. The third-order valence-corrected chi connectivity index (χ3v) is 3.88. The molecule has 0 N–H and O–H groups in total. The third kappa shape index (κ3) is 7.01. The first-order valence-electron chi connectivity index (χ1n) is 8.86. The number of nitrogens with zero attached hydrogens (tertiary/aromatic N) is 1. The van der Waals surface area contributed by atoms with E-state index in [4.69, 9.17) is 9.47 Å². The second-order valence-electron chi connectivity index (χ2n) is 5.82. The van der Waals surface area contributed by atoms with Crippen LogP contribution in [0.5, 0.6) is 11.5 Å². The number of ether oxygens (including phenoxy) is 3. The highest BCUT2D eigenvalue weighted by atomic mass is 16.5. The van der Waals surface area contributed by atoms with Gasteiger partial charge >= 0.3 is 5.97 Å². The number of hydrogen-bond acceptors (Lipinski definition) is 5. The molecular weight excluding hydrogens is 346 g/mol. The van der Waals surface area contributed by atoms with Crippen molar-refractivity contribution in [1.82, 2.24) is 4.90 Å². The van der Waals surface area contributed by atoms with Crippen LogP contribution < -0.4 is 9.47 Å². The minimum Gasteiger partial charge on any atom is -0.494 e. The van der Waals surface area contributed by atoms with Crippen LogP contribution in [0.4, 0.5) is 0 Å². The van der Waals surface area contributed by atoms with Gasteiger partial charge in [-0.15, -0.1) is 0 Å². The van der Waals surface area contributed by atoms with E-state index in [1.165, 1.54) is 7.11 Å². The average Bonchev–Trinajstić information content (AvgIpc) is 2.71. The molecule has 0 aliphatic heterocycles. The molecule has 2 aromatic rings. The summed E-state index contributed by atoms with van der Waals surface area (Å²) in [5.74, 6) is 0.782. The van der Waals surface area contributed by atoms with Gasteiger partial charge in [-0.3, -0.25) is 9.59 Å². The summed E-state index contributed by atoms with van der Waals surface area (Å²) >= 11 is 0. The van der Waals surface area contributed by atoms with E-state index in [1.807, 2.05) is 37.3 Å². The lowest BCUT2D eigenvalue weighted by Crippen LogP contribution is -2.36. The Hall–Kier alpha value is -3.02. The molecule has 0 radical (unpaired) electrons. The zero-order valence-corrected chi connectivity index (χ0v) is 15.7. The summed E-state index contributed by atoms with van der Waals surface area (Å²) in [7, 11) is 1.33. The molecule has 0 fully saturated rings. The van der Waals surface area contributed by atoms with Gasteiger partial charge in [-0.1, -0.05) is 30.3 Å². The van der Waals surface area contributed by atoms with Crippen molar-refractivity contribution in [2.75, 3.05) is 26.9 Å². The fourth-order valence-electron chi connectivity index (χ4n) is 2.46. The highest BCUT2D eigenvalue weighted by molar-refractivity contribution is 5.78. The monoisotopic (exact) mass is 371 g/mol. The van der Waals surface area contributed by atoms with Crippen LogP contribution in [-0.2, 0) is 20.9 Å². The Balaban J connectivity index is 1.95. The molecule has 6 nitrogen and oxygen atoms in total. The van der Waals surface area contributed by atoms with Crippen molar-refractivity contribution in [2.24, 2.45) is 0 Å². The summed E-state index contributed by atoms with van der Waals surface area (Å²) < 4.78 is 15.6. The summed E-state index contributed by atoms with van der Waals surface area (Å²) in [6.07, 6.45) is 0.137. The Kier molecular flexibility index (Phi) is 8.16. The van der Waals surface area contributed by atoms with E-state index in [2.05, 4.69) is 4.74 Å². The molecule has 0 saturated heterocycles. The van der Waals surface area contributed by atoms with Crippen LogP contribution in [0.25, 0.3) is 0 Å². The Morgan fingerprint density at radius 1 is 0.926 bits per heavy atom. The highest BCUT2D eigenvalue weighted by Crippen LogP contribution is 2.17. The van der Waals surface area contributed by atoms with Crippen LogP contribution in [0.3, 0.4) is 0 Å². The Bertz CT molecular complexity index is 715. The van der Waals surface area contributed by atoms with Crippen molar-refractivity contribution in [3.8, 4) is 11.5 Å². The van der Waals surface area contributed by atoms with Gasteiger partial charge in [0.15, 0.2) is 6.61 Å². The zero-order chi connectivity index (χ0) is 19.5. The highest BCUT2D eigenvalue weighted by Gasteiger charge is 2.16. The molecule has 0 aliphatic carbocycles. The van der Waals surface area contributed by atoms with E-state index < -0.39 is 0 Å². The van der Waals surface area contributed by atoms with Crippen LogP contribution in [0, 0.1) is 0 Å². The minimum absolute atomic E-state index is 0.109. The molecule has 0 heterocycles. The van der Waals surface area contributed by atoms with Crippen molar-refractivity contribution in [3.05, 3.63) is 60.2 Å². The van der Waals surface area contributed by atoms with Gasteiger partial charge in [0, 0.05) is 13.1 Å². The third-order valence-electron chi connectivity index (χ3n) is 3.88. The molecular formula is C21H25NO5. The summed E-state index contributed by atoms with van der Waals surface area (Å²) in [5.41, 5.74) is 0.983. The number of rotatable bonds is 10. The minimum atomic E-state index is -0.353. The molecule has 0 atom stereocenters. The predicted octanol–water partition coefficient (Wildman–Crippen LogP) is 3.06. The van der Waals surface area contributed by atoms with Crippen molar-refractivity contribution in [2.45, 2.75) is 19.9 Å². The number of carbonyl (C=O) groups excluding carboxylic acids is 2. The van der Waals surface area contributed by atoms with E-state index >= 15 is 0 Å². The molecule has 0 spiro atoms. The lowest BCUT2D eigenvalue weighted by Gasteiger charge is -2.22. The molecule has 0 bridgehead atoms. The summed E-state index contributed by atoms with van der Waals surface area (Å²) in [6, 6.07) is 16.7. The maximum absolute atomic E-state index is 12.6. The topological polar surface area (TPSA) is 65.1 Å². The normalized spacial score (nSPS) is 10.1.